The molecule has 2 saturated heterocycles. The van der Waals surface area contributed by atoms with E-state index >= 15 is 0 Å². The predicted octanol–water partition coefficient (Wildman–Crippen LogP) is 1.92. The first-order valence-corrected chi connectivity index (χ1v) is 7.09. The molecule has 2 aliphatic rings. The third-order valence-corrected chi connectivity index (χ3v) is 4.55. The van der Waals surface area contributed by atoms with E-state index < -0.39 is 0 Å². The molecule has 1 unspecified atom stereocenters. The minimum Gasteiger partial charge on any atom is -0.381 e. The molecule has 2 aliphatic heterocycles. The molecule has 0 aliphatic carbocycles. The van der Waals surface area contributed by atoms with Gasteiger partial charge in [-0.15, -0.1) is 0 Å². The fraction of sp³-hybridized carbons (Fsp3) is 0.500. The van der Waals surface area contributed by atoms with E-state index in [1.807, 2.05) is 31.2 Å². The van der Waals surface area contributed by atoms with Gasteiger partial charge < -0.3 is 4.74 Å². The van der Waals surface area contributed by atoms with Crippen molar-refractivity contribution < 1.29 is 14.3 Å². The van der Waals surface area contributed by atoms with Crippen LogP contribution in [0.4, 0.5) is 0 Å². The molecular formula is C16H19NO3. The zero-order valence-corrected chi connectivity index (χ0v) is 11.6. The van der Waals surface area contributed by atoms with Crippen LogP contribution >= 0.6 is 0 Å². The Morgan fingerprint density at radius 2 is 1.80 bits per heavy atom. The van der Waals surface area contributed by atoms with Gasteiger partial charge in [0.25, 0.3) is 0 Å². The second-order valence-electron chi connectivity index (χ2n) is 5.91. The topological polar surface area (TPSA) is 55.4 Å². The Balaban J connectivity index is 2.01. The molecule has 0 aromatic heterocycles. The van der Waals surface area contributed by atoms with Crippen LogP contribution in [0, 0.1) is 12.3 Å². The molecule has 1 spiro atoms. The summed E-state index contributed by atoms with van der Waals surface area (Å²) < 4.78 is 5.43. The largest absolute Gasteiger partial charge is 0.381 e. The lowest BCUT2D eigenvalue weighted by molar-refractivity contribution is -0.143. The van der Waals surface area contributed by atoms with Gasteiger partial charge in [0.2, 0.25) is 11.8 Å². The molecule has 0 radical (unpaired) electrons. The van der Waals surface area contributed by atoms with E-state index in [9.17, 15) is 9.59 Å². The van der Waals surface area contributed by atoms with E-state index in [0.29, 0.717) is 19.6 Å². The molecule has 1 N–H and O–H groups in total. The highest BCUT2D eigenvalue weighted by Crippen LogP contribution is 2.48. The summed E-state index contributed by atoms with van der Waals surface area (Å²) in [6.07, 6.45) is 1.95. The van der Waals surface area contributed by atoms with Gasteiger partial charge in [-0.1, -0.05) is 29.8 Å². The molecule has 3 rings (SSSR count). The van der Waals surface area contributed by atoms with Gasteiger partial charge >= 0.3 is 0 Å². The Hall–Kier alpha value is -1.68. The van der Waals surface area contributed by atoms with Crippen molar-refractivity contribution in [3.63, 3.8) is 0 Å². The van der Waals surface area contributed by atoms with E-state index in [4.69, 9.17) is 4.74 Å². The van der Waals surface area contributed by atoms with E-state index in [0.717, 1.165) is 18.4 Å². The van der Waals surface area contributed by atoms with Crippen LogP contribution in [0.1, 0.15) is 36.3 Å². The van der Waals surface area contributed by atoms with Crippen LogP contribution in [0.15, 0.2) is 24.3 Å². The highest BCUT2D eigenvalue weighted by molar-refractivity contribution is 6.02. The summed E-state index contributed by atoms with van der Waals surface area (Å²) in [4.78, 5) is 24.2. The lowest BCUT2D eigenvalue weighted by Gasteiger charge is -2.45. The Bertz CT molecular complexity index is 529. The van der Waals surface area contributed by atoms with Gasteiger partial charge in [0.15, 0.2) is 0 Å². The molecule has 106 valence electrons. The summed E-state index contributed by atoms with van der Waals surface area (Å²) in [7, 11) is 0. The average molecular weight is 273 g/mol. The van der Waals surface area contributed by atoms with Crippen molar-refractivity contribution in [1.82, 2.24) is 5.32 Å². The highest BCUT2D eigenvalue weighted by Gasteiger charge is 2.49. The smallest absolute Gasteiger partial charge is 0.234 e. The van der Waals surface area contributed by atoms with Crippen molar-refractivity contribution >= 4 is 11.8 Å². The molecule has 0 saturated carbocycles. The maximum atomic E-state index is 12.4. The summed E-state index contributed by atoms with van der Waals surface area (Å²) in [5.74, 6) is -0.558. The Morgan fingerprint density at radius 1 is 1.15 bits per heavy atom. The quantitative estimate of drug-likeness (QED) is 0.795. The summed E-state index contributed by atoms with van der Waals surface area (Å²) in [6.45, 7) is 3.28. The predicted molar refractivity (Wildman–Crippen MR) is 74.2 cm³/mol. The first-order valence-electron chi connectivity index (χ1n) is 7.09. The number of hydrogen-bond donors (Lipinski definition) is 1. The van der Waals surface area contributed by atoms with Crippen molar-refractivity contribution in [1.29, 1.82) is 0 Å². The Labute approximate surface area is 118 Å². The van der Waals surface area contributed by atoms with Crippen LogP contribution in [-0.2, 0) is 14.3 Å². The lowest BCUT2D eigenvalue weighted by atomic mass is 9.63. The van der Waals surface area contributed by atoms with E-state index in [1.165, 1.54) is 5.56 Å². The SMILES string of the molecule is Cc1ccc(C2C(=O)NC(=O)CC23CCOCC3)cc1. The van der Waals surface area contributed by atoms with Crippen LogP contribution in [-0.4, -0.2) is 25.0 Å². The van der Waals surface area contributed by atoms with Gasteiger partial charge in [0.1, 0.15) is 0 Å². The number of rotatable bonds is 1. The van der Waals surface area contributed by atoms with Crippen molar-refractivity contribution in [2.45, 2.75) is 32.1 Å². The van der Waals surface area contributed by atoms with Crippen LogP contribution in [0.25, 0.3) is 0 Å². The number of amides is 2. The number of imide groups is 1. The highest BCUT2D eigenvalue weighted by atomic mass is 16.5. The molecule has 4 heteroatoms. The molecule has 2 amide bonds. The van der Waals surface area contributed by atoms with Crippen LogP contribution < -0.4 is 5.32 Å². The van der Waals surface area contributed by atoms with Gasteiger partial charge in [-0.3, -0.25) is 14.9 Å². The Kier molecular flexibility index (Phi) is 3.34. The van der Waals surface area contributed by atoms with E-state index in [2.05, 4.69) is 5.32 Å². The number of carbonyl (C=O) groups excluding carboxylic acids is 2. The molecule has 1 atom stereocenters. The van der Waals surface area contributed by atoms with E-state index in [-0.39, 0.29) is 23.1 Å². The third kappa shape index (κ3) is 2.24. The standard InChI is InChI=1S/C16H19NO3/c1-11-2-4-12(5-3-11)14-15(19)17-13(18)10-16(14)6-8-20-9-7-16/h2-5,14H,6-10H2,1H3,(H,17,18,19). The number of aryl methyl sites for hydroxylation is 1. The summed E-state index contributed by atoms with van der Waals surface area (Å²) in [5, 5.41) is 2.50. The molecule has 2 heterocycles. The maximum absolute atomic E-state index is 12.4. The number of carbonyl (C=O) groups is 2. The fourth-order valence-corrected chi connectivity index (χ4v) is 3.46. The first-order chi connectivity index (χ1) is 9.61. The number of piperidine rings is 1. The second-order valence-corrected chi connectivity index (χ2v) is 5.91. The molecule has 20 heavy (non-hydrogen) atoms. The van der Waals surface area contributed by atoms with Gasteiger partial charge in [0.05, 0.1) is 5.92 Å². The summed E-state index contributed by atoms with van der Waals surface area (Å²) in [5.41, 5.74) is 1.90. The fourth-order valence-electron chi connectivity index (χ4n) is 3.46. The molecule has 4 nitrogen and oxygen atoms in total. The maximum Gasteiger partial charge on any atom is 0.234 e. The molecule has 1 aromatic carbocycles. The second kappa shape index (κ2) is 5.02. The molecule has 0 bridgehead atoms. The summed E-state index contributed by atoms with van der Waals surface area (Å²) in [6, 6.07) is 8.05. The van der Waals surface area contributed by atoms with E-state index in [1.54, 1.807) is 0 Å². The average Bonchev–Trinajstić information content (AvgIpc) is 2.41. The molecule has 1 aromatic rings. The van der Waals surface area contributed by atoms with Crippen LogP contribution in [0.5, 0.6) is 0 Å². The van der Waals surface area contributed by atoms with Crippen LogP contribution in [0.2, 0.25) is 0 Å². The van der Waals surface area contributed by atoms with Crippen molar-refractivity contribution in [2.75, 3.05) is 13.2 Å². The third-order valence-electron chi connectivity index (χ3n) is 4.55. The normalized spacial score (nSPS) is 25.6. The van der Waals surface area contributed by atoms with Crippen molar-refractivity contribution in [2.24, 2.45) is 5.41 Å². The number of benzene rings is 1. The minimum absolute atomic E-state index is 0.153. The lowest BCUT2D eigenvalue weighted by Crippen LogP contribution is -2.52. The zero-order chi connectivity index (χ0) is 14.2. The molecular weight excluding hydrogens is 254 g/mol. The monoisotopic (exact) mass is 273 g/mol. The van der Waals surface area contributed by atoms with Crippen LogP contribution in [0.3, 0.4) is 0 Å². The van der Waals surface area contributed by atoms with Crippen molar-refractivity contribution in [3.8, 4) is 0 Å². The van der Waals surface area contributed by atoms with Gasteiger partial charge in [0, 0.05) is 19.6 Å². The number of nitrogens with one attached hydrogen (secondary N) is 1. The first kappa shape index (κ1) is 13.3. The van der Waals surface area contributed by atoms with Gasteiger partial charge in [-0.05, 0) is 30.7 Å². The summed E-state index contributed by atoms with van der Waals surface area (Å²) >= 11 is 0. The minimum atomic E-state index is -0.271. The number of ether oxygens (including phenoxy) is 1. The Morgan fingerprint density at radius 3 is 2.45 bits per heavy atom. The van der Waals surface area contributed by atoms with Gasteiger partial charge in [-0.25, -0.2) is 0 Å². The molecule has 2 fully saturated rings. The zero-order valence-electron chi connectivity index (χ0n) is 11.6. The van der Waals surface area contributed by atoms with Crippen molar-refractivity contribution in [3.05, 3.63) is 35.4 Å². The number of hydrogen-bond acceptors (Lipinski definition) is 3. The van der Waals surface area contributed by atoms with Gasteiger partial charge in [-0.2, -0.15) is 0 Å².